The number of piperazine rings is 1. The van der Waals surface area contributed by atoms with E-state index in [2.05, 4.69) is 59.0 Å². The number of nitriles is 1. The molecule has 0 aliphatic carbocycles. The largest absolute Gasteiger partial charge is 0.364 e. The van der Waals surface area contributed by atoms with Crippen LogP contribution in [0.15, 0.2) is 71.5 Å². The molecule has 2 aromatic heterocycles. The molecular weight excluding hydrogens is 453 g/mol. The first kappa shape index (κ1) is 23.7. The summed E-state index contributed by atoms with van der Waals surface area (Å²) in [6, 6.07) is 22.5. The summed E-state index contributed by atoms with van der Waals surface area (Å²) in [6.07, 6.45) is 0. The SMILES string of the molecule is Cc1ccc(C(c2ccc(F)cc2)N2CCN(c3cc(=O)n(C)c4ccc(C#N)nc34)C(C)C2)cc1. The van der Waals surface area contributed by atoms with Gasteiger partial charge in [0.25, 0.3) is 5.56 Å². The van der Waals surface area contributed by atoms with E-state index < -0.39 is 0 Å². The molecule has 1 fully saturated rings. The molecule has 0 radical (unpaired) electrons. The Morgan fingerprint density at radius 2 is 1.69 bits per heavy atom. The molecule has 1 saturated heterocycles. The maximum absolute atomic E-state index is 13.7. The van der Waals surface area contributed by atoms with Gasteiger partial charge in [-0.05, 0) is 49.2 Å². The van der Waals surface area contributed by atoms with Gasteiger partial charge in [0.15, 0.2) is 0 Å². The number of hydrogen-bond donors (Lipinski definition) is 0. The van der Waals surface area contributed by atoms with Gasteiger partial charge in [-0.1, -0.05) is 42.0 Å². The van der Waals surface area contributed by atoms with Gasteiger partial charge in [0.2, 0.25) is 0 Å². The van der Waals surface area contributed by atoms with Crippen LogP contribution in [-0.2, 0) is 7.05 Å². The van der Waals surface area contributed by atoms with Crippen molar-refractivity contribution in [1.29, 1.82) is 5.26 Å². The predicted octanol–water partition coefficient (Wildman–Crippen LogP) is 4.55. The summed E-state index contributed by atoms with van der Waals surface area (Å²) < 4.78 is 15.3. The molecule has 1 aliphatic rings. The third-order valence-electron chi connectivity index (χ3n) is 7.10. The maximum atomic E-state index is 13.7. The molecule has 0 saturated carbocycles. The van der Waals surface area contributed by atoms with Gasteiger partial charge in [-0.2, -0.15) is 5.26 Å². The minimum atomic E-state index is -0.249. The highest BCUT2D eigenvalue weighted by atomic mass is 19.1. The smallest absolute Gasteiger partial charge is 0.252 e. The fourth-order valence-electron chi connectivity index (χ4n) is 5.18. The molecule has 1 aliphatic heterocycles. The summed E-state index contributed by atoms with van der Waals surface area (Å²) in [5.41, 5.74) is 5.72. The van der Waals surface area contributed by atoms with E-state index in [1.54, 1.807) is 29.8 Å². The number of anilines is 1. The highest BCUT2D eigenvalue weighted by Crippen LogP contribution is 2.33. The third kappa shape index (κ3) is 4.36. The molecule has 6 nitrogen and oxygen atoms in total. The molecule has 5 rings (SSSR count). The van der Waals surface area contributed by atoms with E-state index in [4.69, 9.17) is 0 Å². The van der Waals surface area contributed by atoms with Crippen molar-refractivity contribution in [1.82, 2.24) is 14.5 Å². The maximum Gasteiger partial charge on any atom is 0.252 e. The summed E-state index contributed by atoms with van der Waals surface area (Å²) in [4.78, 5) is 21.9. The number of aryl methyl sites for hydroxylation is 2. The highest BCUT2D eigenvalue weighted by Gasteiger charge is 2.31. The van der Waals surface area contributed by atoms with Crippen LogP contribution in [0.3, 0.4) is 0 Å². The van der Waals surface area contributed by atoms with Crippen LogP contribution in [-0.4, -0.2) is 40.1 Å². The average molecular weight is 482 g/mol. The number of aromatic nitrogens is 2. The first-order chi connectivity index (χ1) is 17.4. The van der Waals surface area contributed by atoms with Gasteiger partial charge in [0.1, 0.15) is 23.1 Å². The van der Waals surface area contributed by atoms with Crippen LogP contribution in [0.25, 0.3) is 11.0 Å². The molecule has 0 N–H and O–H groups in total. The van der Waals surface area contributed by atoms with Crippen molar-refractivity contribution in [2.45, 2.75) is 25.9 Å². The van der Waals surface area contributed by atoms with Gasteiger partial charge in [0, 0.05) is 38.8 Å². The first-order valence-corrected chi connectivity index (χ1v) is 12.1. The van der Waals surface area contributed by atoms with E-state index in [-0.39, 0.29) is 23.5 Å². The molecule has 2 atom stereocenters. The van der Waals surface area contributed by atoms with Crippen molar-refractivity contribution in [3.05, 3.63) is 105 Å². The Labute approximate surface area is 209 Å². The monoisotopic (exact) mass is 481 g/mol. The number of halogens is 1. The fraction of sp³-hybridized carbons (Fsp3) is 0.276. The lowest BCUT2D eigenvalue weighted by molar-refractivity contribution is 0.188. The van der Waals surface area contributed by atoms with Crippen LogP contribution in [0.4, 0.5) is 10.1 Å². The lowest BCUT2D eigenvalue weighted by Gasteiger charge is -2.44. The Bertz CT molecular complexity index is 1460. The lowest BCUT2D eigenvalue weighted by Crippen LogP contribution is -2.53. The Morgan fingerprint density at radius 1 is 1.03 bits per heavy atom. The molecule has 2 unspecified atom stereocenters. The van der Waals surface area contributed by atoms with Crippen LogP contribution >= 0.6 is 0 Å². The molecule has 0 bridgehead atoms. The van der Waals surface area contributed by atoms with Crippen LogP contribution in [0.5, 0.6) is 0 Å². The van der Waals surface area contributed by atoms with Crippen LogP contribution in [0, 0.1) is 24.1 Å². The quantitative estimate of drug-likeness (QED) is 0.428. The molecule has 182 valence electrons. The summed E-state index contributed by atoms with van der Waals surface area (Å²) in [6.45, 7) is 6.38. The van der Waals surface area contributed by atoms with Gasteiger partial charge in [-0.25, -0.2) is 9.37 Å². The number of nitrogens with zero attached hydrogens (tertiary/aromatic N) is 5. The van der Waals surface area contributed by atoms with Crippen molar-refractivity contribution in [2.75, 3.05) is 24.5 Å². The van der Waals surface area contributed by atoms with Crippen LogP contribution < -0.4 is 10.5 Å². The van der Waals surface area contributed by atoms with E-state index in [9.17, 15) is 14.4 Å². The van der Waals surface area contributed by atoms with E-state index in [1.807, 2.05) is 12.1 Å². The van der Waals surface area contributed by atoms with Crippen LogP contribution in [0.2, 0.25) is 0 Å². The Balaban J connectivity index is 1.51. The second-order valence-corrected chi connectivity index (χ2v) is 9.50. The van der Waals surface area contributed by atoms with Crippen molar-refractivity contribution >= 4 is 16.7 Å². The Morgan fingerprint density at radius 3 is 2.33 bits per heavy atom. The van der Waals surface area contributed by atoms with E-state index in [1.165, 1.54) is 17.7 Å². The minimum absolute atomic E-state index is 0.0143. The van der Waals surface area contributed by atoms with Gasteiger partial charge in [-0.3, -0.25) is 9.69 Å². The normalized spacial score (nSPS) is 17.2. The van der Waals surface area contributed by atoms with E-state index in [0.717, 1.165) is 29.9 Å². The standard InChI is InChI=1S/C29H28FN5O/c1-19-4-6-21(7-5-19)29(22-8-10-23(30)11-9-22)34-14-15-35(20(2)18-34)26-16-27(36)33(3)25-13-12-24(17-31)32-28(25)26/h4-13,16,20,29H,14-15,18H2,1-3H3. The minimum Gasteiger partial charge on any atom is -0.364 e. The highest BCUT2D eigenvalue weighted by molar-refractivity contribution is 5.89. The number of fused-ring (bicyclic) bond motifs is 1. The van der Waals surface area contributed by atoms with E-state index in [0.29, 0.717) is 23.3 Å². The average Bonchev–Trinajstić information content (AvgIpc) is 2.88. The van der Waals surface area contributed by atoms with E-state index >= 15 is 0 Å². The number of hydrogen-bond acceptors (Lipinski definition) is 5. The van der Waals surface area contributed by atoms with Crippen molar-refractivity contribution < 1.29 is 4.39 Å². The Hall–Kier alpha value is -4.02. The van der Waals surface area contributed by atoms with Crippen LogP contribution in [0.1, 0.15) is 35.3 Å². The zero-order valence-corrected chi connectivity index (χ0v) is 20.6. The second-order valence-electron chi connectivity index (χ2n) is 9.50. The van der Waals surface area contributed by atoms with Gasteiger partial charge in [-0.15, -0.1) is 0 Å². The number of benzene rings is 2. The lowest BCUT2D eigenvalue weighted by atomic mass is 9.94. The molecule has 3 heterocycles. The van der Waals surface area contributed by atoms with Gasteiger partial charge in [0.05, 0.1) is 17.2 Å². The van der Waals surface area contributed by atoms with Crippen molar-refractivity contribution in [3.63, 3.8) is 0 Å². The predicted molar refractivity (Wildman–Crippen MR) is 140 cm³/mol. The van der Waals surface area contributed by atoms with Crippen molar-refractivity contribution in [3.8, 4) is 6.07 Å². The summed E-state index contributed by atoms with van der Waals surface area (Å²) >= 11 is 0. The molecule has 0 spiro atoms. The zero-order valence-electron chi connectivity index (χ0n) is 20.6. The van der Waals surface area contributed by atoms with Gasteiger partial charge < -0.3 is 9.47 Å². The molecule has 7 heteroatoms. The third-order valence-corrected chi connectivity index (χ3v) is 7.10. The molecule has 0 amide bonds. The fourth-order valence-corrected chi connectivity index (χ4v) is 5.18. The molecule has 4 aromatic rings. The molecular formula is C29H28FN5O. The molecule has 36 heavy (non-hydrogen) atoms. The van der Waals surface area contributed by atoms with Gasteiger partial charge >= 0.3 is 0 Å². The molecule has 2 aromatic carbocycles. The topological polar surface area (TPSA) is 65.2 Å². The second kappa shape index (κ2) is 9.56. The number of rotatable bonds is 4. The van der Waals surface area contributed by atoms with Crippen molar-refractivity contribution in [2.24, 2.45) is 7.05 Å². The number of pyridine rings is 2. The first-order valence-electron chi connectivity index (χ1n) is 12.1. The zero-order chi connectivity index (χ0) is 25.4. The summed E-state index contributed by atoms with van der Waals surface area (Å²) in [7, 11) is 1.72. The summed E-state index contributed by atoms with van der Waals surface area (Å²) in [5.74, 6) is -0.249. The Kier molecular flexibility index (Phi) is 6.29. The summed E-state index contributed by atoms with van der Waals surface area (Å²) in [5, 5.41) is 9.40.